The van der Waals surface area contributed by atoms with Crippen molar-refractivity contribution in [2.45, 2.75) is 31.8 Å². The maximum Gasteiger partial charge on any atom is 0.426 e. The maximum atomic E-state index is 14.6. The summed E-state index contributed by atoms with van der Waals surface area (Å²) >= 11 is 0. The molecule has 0 saturated heterocycles. The molecule has 4 N–H and O–H groups in total. The molecule has 0 spiro atoms. The van der Waals surface area contributed by atoms with E-state index in [1.54, 1.807) is 30.3 Å². The Hall–Kier alpha value is -4.58. The first-order valence-electron chi connectivity index (χ1n) is 12.0. The van der Waals surface area contributed by atoms with Crippen LogP contribution in [0.25, 0.3) is 6.08 Å². The fraction of sp³-hybridized carbons (Fsp3) is 0.241. The summed E-state index contributed by atoms with van der Waals surface area (Å²) in [6.07, 6.45) is 1.57. The van der Waals surface area contributed by atoms with Crippen molar-refractivity contribution >= 4 is 23.4 Å². The van der Waals surface area contributed by atoms with E-state index in [1.165, 1.54) is 48.6 Å². The first kappa shape index (κ1) is 28.0. The number of hydrogen-bond donors (Lipinski definition) is 2. The molecule has 7 nitrogen and oxygen atoms in total. The lowest BCUT2D eigenvalue weighted by Crippen LogP contribution is -2.21. The summed E-state index contributed by atoms with van der Waals surface area (Å²) < 4.78 is 44.8. The van der Waals surface area contributed by atoms with Crippen molar-refractivity contribution in [3.05, 3.63) is 89.5 Å². The van der Waals surface area contributed by atoms with Gasteiger partial charge in [-0.25, -0.2) is 4.79 Å². The zero-order valence-electron chi connectivity index (χ0n) is 20.7. The van der Waals surface area contributed by atoms with Crippen molar-refractivity contribution in [3.8, 4) is 17.6 Å². The van der Waals surface area contributed by atoms with Crippen LogP contribution in [0.1, 0.15) is 36.0 Å². The summed E-state index contributed by atoms with van der Waals surface area (Å²) in [5.74, 6) is -0.108. The van der Waals surface area contributed by atoms with E-state index in [-0.39, 0.29) is 17.9 Å². The van der Waals surface area contributed by atoms with Gasteiger partial charge in [0.15, 0.2) is 0 Å². The van der Waals surface area contributed by atoms with Gasteiger partial charge in [-0.15, -0.1) is 0 Å². The lowest BCUT2D eigenvalue weighted by Gasteiger charge is -2.18. The SMILES string of the molecule is N#CCCCCOc1ccc(C(F)(F)Oc2ccc(/C=C/C(=O)OCCc3cc(N)cc(N)c3)cc2)cc1. The summed E-state index contributed by atoms with van der Waals surface area (Å²) in [6.45, 7) is 0.564. The van der Waals surface area contributed by atoms with E-state index in [4.69, 9.17) is 30.9 Å². The molecule has 0 atom stereocenters. The summed E-state index contributed by atoms with van der Waals surface area (Å²) in [6, 6.07) is 18.5. The highest BCUT2D eigenvalue weighted by molar-refractivity contribution is 5.87. The van der Waals surface area contributed by atoms with Crippen LogP contribution in [0.4, 0.5) is 20.2 Å². The second kappa shape index (κ2) is 13.7. The number of unbranched alkanes of at least 4 members (excludes halogenated alkanes) is 2. The van der Waals surface area contributed by atoms with Crippen molar-refractivity contribution < 1.29 is 27.8 Å². The van der Waals surface area contributed by atoms with Gasteiger partial charge in [0.25, 0.3) is 0 Å². The molecule has 3 rings (SSSR count). The van der Waals surface area contributed by atoms with Crippen LogP contribution in [-0.4, -0.2) is 19.2 Å². The van der Waals surface area contributed by atoms with Crippen molar-refractivity contribution in [3.63, 3.8) is 0 Å². The molecule has 0 radical (unpaired) electrons. The predicted octanol–water partition coefficient (Wildman–Crippen LogP) is 5.85. The van der Waals surface area contributed by atoms with E-state index in [2.05, 4.69) is 6.07 Å². The summed E-state index contributed by atoms with van der Waals surface area (Å²) in [4.78, 5) is 12.0. The summed E-state index contributed by atoms with van der Waals surface area (Å²) in [5, 5.41) is 8.52. The number of esters is 1. The van der Waals surface area contributed by atoms with Crippen LogP contribution in [0, 0.1) is 11.3 Å². The average molecular weight is 522 g/mol. The Labute approximate surface area is 220 Å². The number of carbonyl (C=O) groups excluding carboxylic acids is 1. The Bertz CT molecular complexity index is 1250. The topological polar surface area (TPSA) is 121 Å². The van der Waals surface area contributed by atoms with Gasteiger partial charge >= 0.3 is 12.1 Å². The Morgan fingerprint density at radius 3 is 2.24 bits per heavy atom. The molecule has 3 aromatic carbocycles. The monoisotopic (exact) mass is 521 g/mol. The van der Waals surface area contributed by atoms with Crippen LogP contribution >= 0.6 is 0 Å². The smallest absolute Gasteiger partial charge is 0.426 e. The third-order valence-corrected chi connectivity index (χ3v) is 5.35. The van der Waals surface area contributed by atoms with Crippen LogP contribution in [0.3, 0.4) is 0 Å². The number of rotatable bonds is 13. The Kier molecular flexibility index (Phi) is 10.1. The minimum absolute atomic E-state index is 0.0334. The molecule has 0 saturated carbocycles. The van der Waals surface area contributed by atoms with E-state index in [1.807, 2.05) is 0 Å². The molecular formula is C29H29F2N3O4. The minimum Gasteiger partial charge on any atom is -0.494 e. The molecule has 0 heterocycles. The molecule has 0 fully saturated rings. The van der Waals surface area contributed by atoms with Crippen LogP contribution in [0.15, 0.2) is 72.8 Å². The molecule has 0 unspecified atom stereocenters. The van der Waals surface area contributed by atoms with Crippen LogP contribution < -0.4 is 20.9 Å². The molecule has 3 aromatic rings. The molecule has 0 bridgehead atoms. The van der Waals surface area contributed by atoms with Crippen LogP contribution in [-0.2, 0) is 22.1 Å². The van der Waals surface area contributed by atoms with Gasteiger partial charge < -0.3 is 25.7 Å². The molecule has 38 heavy (non-hydrogen) atoms. The number of nitrogens with zero attached hydrogens (tertiary/aromatic N) is 1. The Morgan fingerprint density at radius 2 is 1.58 bits per heavy atom. The molecule has 0 aliphatic carbocycles. The van der Waals surface area contributed by atoms with Gasteiger partial charge in [-0.05, 0) is 84.6 Å². The number of halogens is 2. The lowest BCUT2D eigenvalue weighted by molar-refractivity contribution is -0.185. The fourth-order valence-corrected chi connectivity index (χ4v) is 3.47. The number of nitriles is 1. The molecule has 0 aliphatic heterocycles. The highest BCUT2D eigenvalue weighted by atomic mass is 19.3. The van der Waals surface area contributed by atoms with E-state index < -0.39 is 12.1 Å². The Balaban J connectivity index is 1.46. The number of anilines is 2. The van der Waals surface area contributed by atoms with Gasteiger partial charge in [0, 0.05) is 30.3 Å². The van der Waals surface area contributed by atoms with Gasteiger partial charge in [-0.3, -0.25) is 0 Å². The largest absolute Gasteiger partial charge is 0.494 e. The maximum absolute atomic E-state index is 14.6. The lowest BCUT2D eigenvalue weighted by atomic mass is 10.1. The molecule has 198 valence electrons. The third kappa shape index (κ3) is 9.13. The van der Waals surface area contributed by atoms with Gasteiger partial charge in [0.2, 0.25) is 0 Å². The van der Waals surface area contributed by atoms with Crippen LogP contribution in [0.2, 0.25) is 0 Å². The second-order valence-electron chi connectivity index (χ2n) is 8.43. The first-order valence-corrected chi connectivity index (χ1v) is 12.0. The van der Waals surface area contributed by atoms with Gasteiger partial charge in [-0.1, -0.05) is 12.1 Å². The standard InChI is InChI=1S/C29H29F2N3O4/c30-29(31,23-7-11-26(12-8-23)36-16-3-1-2-15-32)38-27-9-4-21(5-10-27)6-13-28(35)37-17-14-22-18-24(33)20-25(34)19-22/h4-13,18-20H,1-3,14,16-17,33-34H2/b13-6+. The number of carbonyl (C=O) groups is 1. The summed E-state index contributed by atoms with van der Waals surface area (Å²) in [7, 11) is 0. The fourth-order valence-electron chi connectivity index (χ4n) is 3.47. The van der Waals surface area contributed by atoms with Crippen LogP contribution in [0.5, 0.6) is 11.5 Å². The number of benzene rings is 3. The zero-order valence-corrected chi connectivity index (χ0v) is 20.7. The molecule has 0 aromatic heterocycles. The van der Waals surface area contributed by atoms with Crippen molar-refractivity contribution in [2.75, 3.05) is 24.7 Å². The zero-order chi connectivity index (χ0) is 27.4. The average Bonchev–Trinajstić information content (AvgIpc) is 2.88. The Morgan fingerprint density at radius 1 is 0.921 bits per heavy atom. The van der Waals surface area contributed by atoms with Gasteiger partial charge in [0.05, 0.1) is 24.8 Å². The number of hydrogen-bond acceptors (Lipinski definition) is 7. The molecular weight excluding hydrogens is 492 g/mol. The minimum atomic E-state index is -3.55. The van der Waals surface area contributed by atoms with E-state index in [0.717, 1.165) is 12.0 Å². The first-order chi connectivity index (χ1) is 18.2. The molecule has 0 amide bonds. The van der Waals surface area contributed by atoms with Gasteiger partial charge in [-0.2, -0.15) is 14.0 Å². The van der Waals surface area contributed by atoms with Crippen molar-refractivity contribution in [1.29, 1.82) is 5.26 Å². The van der Waals surface area contributed by atoms with Crippen molar-refractivity contribution in [1.82, 2.24) is 0 Å². The van der Waals surface area contributed by atoms with Gasteiger partial charge in [0.1, 0.15) is 11.5 Å². The third-order valence-electron chi connectivity index (χ3n) is 5.35. The van der Waals surface area contributed by atoms with Crippen molar-refractivity contribution in [2.24, 2.45) is 0 Å². The second-order valence-corrected chi connectivity index (χ2v) is 8.43. The van der Waals surface area contributed by atoms with E-state index in [9.17, 15) is 13.6 Å². The highest BCUT2D eigenvalue weighted by Gasteiger charge is 2.34. The number of nitrogen functional groups attached to an aromatic ring is 2. The van der Waals surface area contributed by atoms with E-state index >= 15 is 0 Å². The van der Waals surface area contributed by atoms with E-state index in [0.29, 0.717) is 48.6 Å². The molecule has 0 aliphatic rings. The predicted molar refractivity (Wildman–Crippen MR) is 141 cm³/mol. The number of nitrogens with two attached hydrogens (primary N) is 2. The molecule has 9 heteroatoms. The summed E-state index contributed by atoms with van der Waals surface area (Å²) in [5.41, 5.74) is 13.7. The normalized spacial score (nSPS) is 11.2. The quantitative estimate of drug-likeness (QED) is 0.125. The number of alkyl halides is 2. The number of ether oxygens (including phenoxy) is 3. The highest BCUT2D eigenvalue weighted by Crippen LogP contribution is 2.32.